The second-order valence-corrected chi connectivity index (χ2v) is 6.80. The molecule has 2 unspecified atom stereocenters. The highest BCUT2D eigenvalue weighted by Gasteiger charge is 2.39. The number of hydrogen-bond acceptors (Lipinski definition) is 5. The fraction of sp³-hybridized carbons (Fsp3) is 0.833. The number of likely N-dealkylation sites (tertiary alicyclic amines) is 1. The van der Waals surface area contributed by atoms with Gasteiger partial charge in [-0.1, -0.05) is 19.3 Å². The molecule has 1 aliphatic carbocycles. The lowest BCUT2D eigenvalue weighted by atomic mass is 9.76. The van der Waals surface area contributed by atoms with E-state index in [0.717, 1.165) is 12.8 Å². The summed E-state index contributed by atoms with van der Waals surface area (Å²) in [5, 5.41) is 0. The normalized spacial score (nSPS) is 25.2. The molecule has 1 aliphatic heterocycles. The number of nitrogens with zero attached hydrogens (tertiary/aromatic N) is 1. The van der Waals surface area contributed by atoms with Crippen LogP contribution in [0.3, 0.4) is 0 Å². The first-order chi connectivity index (χ1) is 11.6. The van der Waals surface area contributed by atoms with E-state index in [9.17, 15) is 14.4 Å². The summed E-state index contributed by atoms with van der Waals surface area (Å²) in [7, 11) is 1.40. The van der Waals surface area contributed by atoms with Crippen LogP contribution in [0.1, 0.15) is 58.3 Å². The van der Waals surface area contributed by atoms with Crippen LogP contribution in [0.5, 0.6) is 0 Å². The maximum absolute atomic E-state index is 12.4. The SMILES string of the molecule is CCOC(=O)CC(=O)C1CCN(C(=O)OC)C(C2CCCCC2)C1. The molecule has 0 bridgehead atoms. The van der Waals surface area contributed by atoms with Crippen molar-refractivity contribution in [2.24, 2.45) is 11.8 Å². The molecule has 1 heterocycles. The lowest BCUT2D eigenvalue weighted by molar-refractivity contribution is -0.146. The number of methoxy groups -OCH3 is 1. The van der Waals surface area contributed by atoms with Crippen molar-refractivity contribution in [3.05, 3.63) is 0 Å². The molecular weight excluding hydrogens is 310 g/mol. The summed E-state index contributed by atoms with van der Waals surface area (Å²) in [6.45, 7) is 2.54. The Bertz CT molecular complexity index is 458. The largest absolute Gasteiger partial charge is 0.466 e. The number of ketones is 1. The first-order valence-corrected chi connectivity index (χ1v) is 9.09. The fourth-order valence-corrected chi connectivity index (χ4v) is 4.10. The molecule has 6 nitrogen and oxygen atoms in total. The van der Waals surface area contributed by atoms with Gasteiger partial charge in [0.25, 0.3) is 0 Å². The van der Waals surface area contributed by atoms with E-state index in [1.807, 2.05) is 0 Å². The number of hydrogen-bond donors (Lipinski definition) is 0. The van der Waals surface area contributed by atoms with Gasteiger partial charge in [0.2, 0.25) is 0 Å². The standard InChI is InChI=1S/C18H29NO5/c1-3-24-17(21)12-16(20)14-9-10-19(18(22)23-2)15(11-14)13-7-5-4-6-8-13/h13-15H,3-12H2,1-2H3. The van der Waals surface area contributed by atoms with E-state index in [4.69, 9.17) is 9.47 Å². The van der Waals surface area contributed by atoms with Crippen LogP contribution in [-0.4, -0.2) is 49.0 Å². The zero-order valence-corrected chi connectivity index (χ0v) is 14.8. The van der Waals surface area contributed by atoms with Crippen molar-refractivity contribution in [3.8, 4) is 0 Å². The molecule has 2 aliphatic rings. The van der Waals surface area contributed by atoms with Gasteiger partial charge in [-0.05, 0) is 38.5 Å². The number of rotatable bonds is 5. The van der Waals surface area contributed by atoms with Gasteiger partial charge in [0.05, 0.1) is 13.7 Å². The maximum atomic E-state index is 12.4. The van der Waals surface area contributed by atoms with Gasteiger partial charge in [-0.25, -0.2) is 4.79 Å². The third-order valence-electron chi connectivity index (χ3n) is 5.33. The fourth-order valence-electron chi connectivity index (χ4n) is 4.10. The highest BCUT2D eigenvalue weighted by Crippen LogP contribution is 2.36. The van der Waals surface area contributed by atoms with Crippen molar-refractivity contribution in [2.75, 3.05) is 20.3 Å². The molecule has 0 spiro atoms. The quantitative estimate of drug-likeness (QED) is 0.569. The Labute approximate surface area is 143 Å². The number of Topliss-reactive ketones (excluding diaryl/α,β-unsaturated/α-hetero) is 1. The Kier molecular flexibility index (Phi) is 7.06. The maximum Gasteiger partial charge on any atom is 0.409 e. The third-order valence-corrected chi connectivity index (χ3v) is 5.33. The van der Waals surface area contributed by atoms with Crippen molar-refractivity contribution in [3.63, 3.8) is 0 Å². The molecule has 2 atom stereocenters. The minimum atomic E-state index is -0.452. The van der Waals surface area contributed by atoms with Crippen LogP contribution in [0.4, 0.5) is 4.79 Å². The van der Waals surface area contributed by atoms with Crippen LogP contribution in [-0.2, 0) is 19.1 Å². The van der Waals surface area contributed by atoms with Gasteiger partial charge in [0, 0.05) is 18.5 Å². The zero-order valence-electron chi connectivity index (χ0n) is 14.8. The second kappa shape index (κ2) is 9.04. The Morgan fingerprint density at radius 1 is 1.08 bits per heavy atom. The monoisotopic (exact) mass is 339 g/mol. The molecule has 24 heavy (non-hydrogen) atoms. The van der Waals surface area contributed by atoms with E-state index in [-0.39, 0.29) is 36.9 Å². The number of carbonyl (C=O) groups excluding carboxylic acids is 3. The highest BCUT2D eigenvalue weighted by atomic mass is 16.5. The summed E-state index contributed by atoms with van der Waals surface area (Å²) >= 11 is 0. The van der Waals surface area contributed by atoms with Gasteiger partial charge in [0.1, 0.15) is 12.2 Å². The van der Waals surface area contributed by atoms with Gasteiger partial charge < -0.3 is 14.4 Å². The van der Waals surface area contributed by atoms with E-state index in [2.05, 4.69) is 0 Å². The molecule has 1 saturated heterocycles. The number of piperidine rings is 1. The molecule has 0 aromatic heterocycles. The van der Waals surface area contributed by atoms with Crippen molar-refractivity contribution in [1.82, 2.24) is 4.90 Å². The van der Waals surface area contributed by atoms with Gasteiger partial charge in [-0.2, -0.15) is 0 Å². The molecule has 0 aromatic rings. The molecule has 0 radical (unpaired) electrons. The summed E-state index contributed by atoms with van der Waals surface area (Å²) in [4.78, 5) is 37.9. The van der Waals surface area contributed by atoms with Crippen LogP contribution in [0.15, 0.2) is 0 Å². The Hall–Kier alpha value is -1.59. The van der Waals surface area contributed by atoms with Crippen molar-refractivity contribution >= 4 is 17.8 Å². The van der Waals surface area contributed by atoms with Crippen LogP contribution >= 0.6 is 0 Å². The molecule has 0 N–H and O–H groups in total. The molecule has 1 amide bonds. The summed E-state index contributed by atoms with van der Waals surface area (Å²) in [6.07, 6.45) is 6.56. The van der Waals surface area contributed by atoms with Gasteiger partial charge in [-0.3, -0.25) is 9.59 Å². The molecule has 6 heteroatoms. The summed E-state index contributed by atoms with van der Waals surface area (Å²) < 4.78 is 9.81. The van der Waals surface area contributed by atoms with Crippen molar-refractivity contribution in [1.29, 1.82) is 0 Å². The van der Waals surface area contributed by atoms with Gasteiger partial charge in [-0.15, -0.1) is 0 Å². The molecular formula is C18H29NO5. The van der Waals surface area contributed by atoms with E-state index in [1.54, 1.807) is 11.8 Å². The summed E-state index contributed by atoms with van der Waals surface area (Å²) in [5.41, 5.74) is 0. The number of carbonyl (C=O) groups is 3. The van der Waals surface area contributed by atoms with Crippen LogP contribution in [0, 0.1) is 11.8 Å². The Morgan fingerprint density at radius 3 is 2.42 bits per heavy atom. The minimum absolute atomic E-state index is 0.0441. The minimum Gasteiger partial charge on any atom is -0.466 e. The summed E-state index contributed by atoms with van der Waals surface area (Å²) in [6, 6.07) is 0.0441. The van der Waals surface area contributed by atoms with Gasteiger partial charge in [0.15, 0.2) is 0 Å². The number of esters is 1. The second-order valence-electron chi connectivity index (χ2n) is 6.80. The first kappa shape index (κ1) is 18.7. The van der Waals surface area contributed by atoms with E-state index >= 15 is 0 Å². The van der Waals surface area contributed by atoms with Crippen LogP contribution < -0.4 is 0 Å². The Morgan fingerprint density at radius 2 is 1.79 bits per heavy atom. The van der Waals surface area contributed by atoms with Crippen LogP contribution in [0.2, 0.25) is 0 Å². The molecule has 136 valence electrons. The van der Waals surface area contributed by atoms with Gasteiger partial charge >= 0.3 is 12.1 Å². The lowest BCUT2D eigenvalue weighted by Crippen LogP contribution is -2.51. The summed E-state index contributed by atoms with van der Waals surface area (Å²) in [5.74, 6) is -0.246. The highest BCUT2D eigenvalue weighted by molar-refractivity contribution is 5.96. The Balaban J connectivity index is 2.03. The topological polar surface area (TPSA) is 72.9 Å². The molecule has 1 saturated carbocycles. The average Bonchev–Trinajstić information content (AvgIpc) is 2.61. The lowest BCUT2D eigenvalue weighted by Gasteiger charge is -2.43. The molecule has 2 fully saturated rings. The van der Waals surface area contributed by atoms with E-state index in [0.29, 0.717) is 25.3 Å². The predicted octanol–water partition coefficient (Wildman–Crippen LogP) is 2.94. The van der Waals surface area contributed by atoms with E-state index < -0.39 is 5.97 Å². The first-order valence-electron chi connectivity index (χ1n) is 9.09. The van der Waals surface area contributed by atoms with E-state index in [1.165, 1.54) is 26.4 Å². The molecule has 2 rings (SSSR count). The third kappa shape index (κ3) is 4.71. The zero-order chi connectivity index (χ0) is 17.5. The number of amides is 1. The number of ether oxygens (including phenoxy) is 2. The van der Waals surface area contributed by atoms with Crippen molar-refractivity contribution in [2.45, 2.75) is 64.3 Å². The average molecular weight is 339 g/mol. The van der Waals surface area contributed by atoms with Crippen LogP contribution in [0.25, 0.3) is 0 Å². The predicted molar refractivity (Wildman–Crippen MR) is 88.5 cm³/mol. The smallest absolute Gasteiger partial charge is 0.409 e. The van der Waals surface area contributed by atoms with Crippen molar-refractivity contribution < 1.29 is 23.9 Å². The molecule has 0 aromatic carbocycles.